The second kappa shape index (κ2) is 14.1. The summed E-state index contributed by atoms with van der Waals surface area (Å²) in [7, 11) is 0. The zero-order valence-corrected chi connectivity index (χ0v) is 22.9. The monoisotopic (exact) mass is 587 g/mol. The molecule has 2 aliphatic rings. The Hall–Kier alpha value is -3.59. The maximum atomic E-state index is 13.4. The number of ether oxygens (including phenoxy) is 2. The number of phenolic OH excluding ortho intramolecular Hbond substituents is 1. The SMILES string of the molecule is N[C@@H](Cc1ccc(O)cc1)C(=O)N1CCC[C@H]1C(=O)N[C@@H](Cc1ccccc1)C(=O)OC[C@H]1O[C@@H](O)[C@H](O)[C@@H](O)[C@@H]1O. The van der Waals surface area contributed by atoms with E-state index >= 15 is 0 Å². The molecule has 2 saturated heterocycles. The minimum Gasteiger partial charge on any atom is -0.508 e. The molecule has 2 aliphatic heterocycles. The Morgan fingerprint density at radius 2 is 1.62 bits per heavy atom. The molecule has 2 heterocycles. The fourth-order valence-corrected chi connectivity index (χ4v) is 5.13. The number of phenols is 1. The van der Waals surface area contributed by atoms with Crippen LogP contribution >= 0.6 is 0 Å². The Balaban J connectivity index is 1.41. The number of aromatic hydroxyl groups is 1. The van der Waals surface area contributed by atoms with E-state index in [-0.39, 0.29) is 18.6 Å². The standard InChI is InChI=1S/C29H37N3O10/c30-19(13-17-8-10-18(33)11-9-17)27(38)32-12-4-7-21(32)26(37)31-20(14-16-5-2-1-3-6-16)28(39)41-15-22-23(34)24(35)25(36)29(40)42-22/h1-3,5-6,8-11,19-25,29,33-36,40H,4,7,12-15,30H2,(H,31,37)/t19-,20-,21-,22+,23+,24-,25+,29+/m0/s1. The van der Waals surface area contributed by atoms with Crippen LogP contribution in [-0.2, 0) is 36.7 Å². The summed E-state index contributed by atoms with van der Waals surface area (Å²) in [6.07, 6.45) is -7.00. The highest BCUT2D eigenvalue weighted by atomic mass is 16.6. The van der Waals surface area contributed by atoms with Gasteiger partial charge in [-0.1, -0.05) is 42.5 Å². The maximum Gasteiger partial charge on any atom is 0.329 e. The normalized spacial score (nSPS) is 27.2. The molecule has 2 fully saturated rings. The molecule has 8 N–H and O–H groups in total. The Morgan fingerprint density at radius 3 is 2.31 bits per heavy atom. The van der Waals surface area contributed by atoms with E-state index in [1.165, 1.54) is 17.0 Å². The highest BCUT2D eigenvalue weighted by molar-refractivity contribution is 5.92. The molecule has 0 radical (unpaired) electrons. The molecule has 0 unspecified atom stereocenters. The van der Waals surface area contributed by atoms with Crippen molar-refractivity contribution in [3.8, 4) is 5.75 Å². The Morgan fingerprint density at radius 1 is 0.952 bits per heavy atom. The summed E-state index contributed by atoms with van der Waals surface area (Å²) >= 11 is 0. The van der Waals surface area contributed by atoms with Crippen LogP contribution < -0.4 is 11.1 Å². The summed E-state index contributed by atoms with van der Waals surface area (Å²) in [4.78, 5) is 41.2. The van der Waals surface area contributed by atoms with Crippen molar-refractivity contribution in [2.24, 2.45) is 5.73 Å². The fraction of sp³-hybridized carbons (Fsp3) is 0.483. The number of nitrogens with two attached hydrogens (primary N) is 1. The van der Waals surface area contributed by atoms with Gasteiger partial charge in [0.1, 0.15) is 48.9 Å². The van der Waals surface area contributed by atoms with Crippen molar-refractivity contribution in [2.45, 2.75) is 74.5 Å². The van der Waals surface area contributed by atoms with Crippen molar-refractivity contribution in [2.75, 3.05) is 13.2 Å². The first-order valence-corrected chi connectivity index (χ1v) is 13.8. The lowest BCUT2D eigenvalue weighted by Gasteiger charge is -2.38. The van der Waals surface area contributed by atoms with Crippen molar-refractivity contribution in [3.05, 3.63) is 65.7 Å². The molecule has 0 bridgehead atoms. The topological polar surface area (TPSA) is 212 Å². The molecule has 0 aliphatic carbocycles. The number of nitrogens with one attached hydrogen (secondary N) is 1. The summed E-state index contributed by atoms with van der Waals surface area (Å²) in [5.41, 5.74) is 7.66. The summed E-state index contributed by atoms with van der Waals surface area (Å²) in [5.74, 6) is -1.74. The fourth-order valence-electron chi connectivity index (χ4n) is 5.13. The number of carbonyl (C=O) groups is 3. The van der Waals surface area contributed by atoms with Crippen LogP contribution in [0, 0.1) is 0 Å². The number of nitrogens with zero attached hydrogens (tertiary/aromatic N) is 1. The van der Waals surface area contributed by atoms with Crippen molar-refractivity contribution >= 4 is 17.8 Å². The predicted molar refractivity (Wildman–Crippen MR) is 146 cm³/mol. The van der Waals surface area contributed by atoms with Crippen LogP contribution in [0.5, 0.6) is 5.75 Å². The number of carbonyl (C=O) groups excluding carboxylic acids is 3. The number of rotatable bonds is 10. The van der Waals surface area contributed by atoms with E-state index < -0.39 is 73.2 Å². The molecule has 2 aromatic rings. The number of aliphatic hydroxyl groups excluding tert-OH is 4. The van der Waals surface area contributed by atoms with E-state index in [2.05, 4.69) is 5.32 Å². The molecule has 0 spiro atoms. The summed E-state index contributed by atoms with van der Waals surface area (Å²) in [6, 6.07) is 12.2. The maximum absolute atomic E-state index is 13.4. The van der Waals surface area contributed by atoms with E-state index in [1.54, 1.807) is 42.5 Å². The van der Waals surface area contributed by atoms with Gasteiger partial charge in [-0.3, -0.25) is 9.59 Å². The molecule has 8 atom stereocenters. The zero-order chi connectivity index (χ0) is 30.4. The largest absolute Gasteiger partial charge is 0.508 e. The second-order valence-corrected chi connectivity index (χ2v) is 10.6. The average molecular weight is 588 g/mol. The number of hydrogen-bond acceptors (Lipinski definition) is 11. The molecular weight excluding hydrogens is 550 g/mol. The summed E-state index contributed by atoms with van der Waals surface area (Å²) < 4.78 is 10.4. The van der Waals surface area contributed by atoms with E-state index in [1.807, 2.05) is 0 Å². The summed E-state index contributed by atoms with van der Waals surface area (Å²) in [5, 5.41) is 51.7. The number of amides is 2. The lowest BCUT2D eigenvalue weighted by Crippen LogP contribution is -2.59. The van der Waals surface area contributed by atoms with Gasteiger partial charge in [0.15, 0.2) is 6.29 Å². The minimum atomic E-state index is -1.79. The third-order valence-corrected chi connectivity index (χ3v) is 7.51. The van der Waals surface area contributed by atoms with Crippen molar-refractivity contribution < 1.29 is 49.4 Å². The first-order valence-electron chi connectivity index (χ1n) is 13.8. The van der Waals surface area contributed by atoms with Crippen LogP contribution in [0.15, 0.2) is 54.6 Å². The first kappa shape index (κ1) is 31.3. The molecule has 13 heteroatoms. The highest BCUT2D eigenvalue weighted by Crippen LogP contribution is 2.22. The number of benzene rings is 2. The number of esters is 1. The van der Waals surface area contributed by atoms with Gasteiger partial charge in [-0.15, -0.1) is 0 Å². The van der Waals surface area contributed by atoms with E-state index in [4.69, 9.17) is 15.2 Å². The quantitative estimate of drug-likeness (QED) is 0.156. The van der Waals surface area contributed by atoms with Gasteiger partial charge < -0.3 is 51.0 Å². The minimum absolute atomic E-state index is 0.0600. The van der Waals surface area contributed by atoms with Gasteiger partial charge in [-0.25, -0.2) is 4.79 Å². The van der Waals surface area contributed by atoms with Crippen LogP contribution in [0.2, 0.25) is 0 Å². The molecule has 2 amide bonds. The van der Waals surface area contributed by atoms with Crippen LogP contribution in [-0.4, -0.2) is 110 Å². The molecule has 0 saturated carbocycles. The van der Waals surface area contributed by atoms with Crippen molar-refractivity contribution in [3.63, 3.8) is 0 Å². The van der Waals surface area contributed by atoms with E-state index in [0.717, 1.165) is 11.1 Å². The lowest BCUT2D eigenvalue weighted by atomic mass is 9.99. The molecule has 0 aromatic heterocycles. The predicted octanol–water partition coefficient (Wildman–Crippen LogP) is -1.68. The smallest absolute Gasteiger partial charge is 0.329 e. The Labute approximate surface area is 242 Å². The van der Waals surface area contributed by atoms with Gasteiger partial charge in [0, 0.05) is 13.0 Å². The molecule has 4 rings (SSSR count). The number of aliphatic hydroxyl groups is 4. The van der Waals surface area contributed by atoms with E-state index in [0.29, 0.717) is 19.4 Å². The van der Waals surface area contributed by atoms with Gasteiger partial charge in [-0.2, -0.15) is 0 Å². The molecule has 2 aromatic carbocycles. The number of hydrogen-bond donors (Lipinski definition) is 7. The Bertz CT molecular complexity index is 1210. The average Bonchev–Trinajstić information content (AvgIpc) is 3.48. The van der Waals surface area contributed by atoms with Gasteiger partial charge in [0.25, 0.3) is 0 Å². The highest BCUT2D eigenvalue weighted by Gasteiger charge is 2.44. The number of likely N-dealkylation sites (tertiary alicyclic amines) is 1. The second-order valence-electron chi connectivity index (χ2n) is 10.6. The third kappa shape index (κ3) is 7.62. The first-order chi connectivity index (χ1) is 20.0. The van der Waals surface area contributed by atoms with Gasteiger partial charge in [0.05, 0.1) is 6.04 Å². The summed E-state index contributed by atoms with van der Waals surface area (Å²) in [6.45, 7) is -0.246. The molecule has 42 heavy (non-hydrogen) atoms. The molecular formula is C29H37N3O10. The van der Waals surface area contributed by atoms with Gasteiger partial charge >= 0.3 is 5.97 Å². The lowest BCUT2D eigenvalue weighted by molar-refractivity contribution is -0.287. The van der Waals surface area contributed by atoms with Crippen LogP contribution in [0.1, 0.15) is 24.0 Å². The molecule has 13 nitrogen and oxygen atoms in total. The van der Waals surface area contributed by atoms with Crippen LogP contribution in [0.3, 0.4) is 0 Å². The van der Waals surface area contributed by atoms with Gasteiger partial charge in [-0.05, 0) is 42.5 Å². The van der Waals surface area contributed by atoms with Gasteiger partial charge in [0.2, 0.25) is 11.8 Å². The Kier molecular flexibility index (Phi) is 10.5. The van der Waals surface area contributed by atoms with Crippen LogP contribution in [0.25, 0.3) is 0 Å². The zero-order valence-electron chi connectivity index (χ0n) is 22.9. The van der Waals surface area contributed by atoms with Crippen LogP contribution in [0.4, 0.5) is 0 Å². The molecule has 228 valence electrons. The van der Waals surface area contributed by atoms with Crippen molar-refractivity contribution in [1.29, 1.82) is 0 Å². The third-order valence-electron chi connectivity index (χ3n) is 7.51. The van der Waals surface area contributed by atoms with Crippen molar-refractivity contribution in [1.82, 2.24) is 10.2 Å². The van der Waals surface area contributed by atoms with E-state index in [9.17, 15) is 39.9 Å².